The van der Waals surface area contributed by atoms with Crippen LogP contribution in [-0.4, -0.2) is 22.2 Å². The number of hydrogen-bond donors (Lipinski definition) is 2. The highest BCUT2D eigenvalue weighted by Gasteiger charge is 2.53. The van der Waals surface area contributed by atoms with Crippen molar-refractivity contribution < 1.29 is 19.8 Å². The summed E-state index contributed by atoms with van der Waals surface area (Å²) in [6.07, 6.45) is 12.5. The summed E-state index contributed by atoms with van der Waals surface area (Å²) in [7, 11) is 0. The van der Waals surface area contributed by atoms with Gasteiger partial charge in [-0.3, -0.25) is 0 Å². The summed E-state index contributed by atoms with van der Waals surface area (Å²) in [5, 5.41) is 17.8. The van der Waals surface area contributed by atoms with Gasteiger partial charge in [-0.15, -0.1) is 0 Å². The summed E-state index contributed by atoms with van der Waals surface area (Å²) in [4.78, 5) is 21.6. The van der Waals surface area contributed by atoms with Gasteiger partial charge in [0.2, 0.25) is 0 Å². The maximum absolute atomic E-state index is 11.1. The molecule has 0 aromatic carbocycles. The first-order valence-corrected chi connectivity index (χ1v) is 11.0. The van der Waals surface area contributed by atoms with Crippen LogP contribution in [0.15, 0.2) is 24.3 Å². The van der Waals surface area contributed by atoms with Crippen molar-refractivity contribution in [2.75, 3.05) is 0 Å². The van der Waals surface area contributed by atoms with E-state index in [-0.39, 0.29) is 5.41 Å². The second kappa shape index (κ2) is 9.76. The molecule has 4 aliphatic rings. The smallest absolute Gasteiger partial charge is 0.331 e. The van der Waals surface area contributed by atoms with E-state index in [0.717, 1.165) is 49.9 Å². The van der Waals surface area contributed by atoms with E-state index in [2.05, 4.69) is 27.0 Å². The Morgan fingerprint density at radius 2 is 1.46 bits per heavy atom. The molecular formula is C24H38O4. The van der Waals surface area contributed by atoms with Crippen LogP contribution in [0, 0.1) is 29.1 Å². The third-order valence-electron chi connectivity index (χ3n) is 7.32. The number of hydrogen-bond acceptors (Lipinski definition) is 2. The van der Waals surface area contributed by atoms with Crippen LogP contribution < -0.4 is 0 Å². The van der Waals surface area contributed by atoms with E-state index < -0.39 is 11.9 Å². The Labute approximate surface area is 170 Å². The molecule has 28 heavy (non-hydrogen) atoms. The number of rotatable bonds is 9. The first-order valence-electron chi connectivity index (χ1n) is 11.0. The van der Waals surface area contributed by atoms with Crippen LogP contribution in [0.25, 0.3) is 0 Å². The monoisotopic (exact) mass is 390 g/mol. The van der Waals surface area contributed by atoms with Gasteiger partial charge >= 0.3 is 11.9 Å². The molecule has 4 nitrogen and oxygen atoms in total. The second-order valence-corrected chi connectivity index (χ2v) is 9.51. The van der Waals surface area contributed by atoms with E-state index in [1.165, 1.54) is 32.1 Å². The molecule has 0 aliphatic heterocycles. The minimum atomic E-state index is -0.852. The fourth-order valence-corrected chi connectivity index (χ4v) is 6.09. The van der Waals surface area contributed by atoms with Crippen LogP contribution in [0.3, 0.4) is 0 Å². The lowest BCUT2D eigenvalue weighted by Gasteiger charge is -2.56. The van der Waals surface area contributed by atoms with Crippen molar-refractivity contribution in [3.05, 3.63) is 24.3 Å². The Morgan fingerprint density at radius 1 is 0.964 bits per heavy atom. The Balaban J connectivity index is 0.000000204. The summed E-state index contributed by atoms with van der Waals surface area (Å²) in [6.45, 7) is 11.7. The zero-order valence-corrected chi connectivity index (χ0v) is 17.7. The standard InChI is InChI=1S/C13H18O2.C11H20O2/c1-8(12(14)15)13-5-9-2-10(6-13)4-11(3-9)7-13;1-4-6-7-10(5-2)8-9(3)11(12)13/h9-11H,1-7H2,(H,14,15);10H,3-8H2,1-2H3,(H,12,13). The fourth-order valence-electron chi connectivity index (χ4n) is 6.09. The van der Waals surface area contributed by atoms with Gasteiger partial charge in [0.1, 0.15) is 0 Å². The minimum Gasteiger partial charge on any atom is -0.478 e. The lowest BCUT2D eigenvalue weighted by molar-refractivity contribution is -0.136. The zero-order chi connectivity index (χ0) is 20.9. The highest BCUT2D eigenvalue weighted by Crippen LogP contribution is 2.62. The molecule has 4 rings (SSSR count). The summed E-state index contributed by atoms with van der Waals surface area (Å²) >= 11 is 0. The topological polar surface area (TPSA) is 74.6 Å². The predicted octanol–water partition coefficient (Wildman–Crippen LogP) is 6.08. The van der Waals surface area contributed by atoms with Crippen LogP contribution >= 0.6 is 0 Å². The van der Waals surface area contributed by atoms with Crippen LogP contribution in [0.5, 0.6) is 0 Å². The number of carboxylic acid groups (broad SMARTS) is 2. The molecule has 4 saturated carbocycles. The lowest BCUT2D eigenvalue weighted by Crippen LogP contribution is -2.47. The molecule has 4 heteroatoms. The molecule has 0 amide bonds. The van der Waals surface area contributed by atoms with Gasteiger partial charge < -0.3 is 10.2 Å². The largest absolute Gasteiger partial charge is 0.478 e. The first-order chi connectivity index (χ1) is 13.2. The van der Waals surface area contributed by atoms with Gasteiger partial charge in [0.15, 0.2) is 0 Å². The first kappa shape index (κ1) is 22.7. The number of carbonyl (C=O) groups is 2. The van der Waals surface area contributed by atoms with Gasteiger partial charge in [-0.1, -0.05) is 52.7 Å². The number of carboxylic acids is 2. The Bertz CT molecular complexity index is 568. The number of aliphatic carboxylic acids is 2. The molecule has 0 radical (unpaired) electrons. The Morgan fingerprint density at radius 3 is 1.82 bits per heavy atom. The van der Waals surface area contributed by atoms with E-state index in [4.69, 9.17) is 10.2 Å². The molecule has 0 aromatic rings. The van der Waals surface area contributed by atoms with E-state index in [1.54, 1.807) is 0 Å². The maximum atomic E-state index is 11.1. The van der Waals surface area contributed by atoms with Gasteiger partial charge in [-0.2, -0.15) is 0 Å². The summed E-state index contributed by atoms with van der Waals surface area (Å²) in [5.74, 6) is 1.28. The molecule has 1 unspecified atom stereocenters. The molecule has 0 heterocycles. The molecular weight excluding hydrogens is 352 g/mol. The summed E-state index contributed by atoms with van der Waals surface area (Å²) < 4.78 is 0. The normalized spacial score (nSPS) is 30.9. The van der Waals surface area contributed by atoms with Gasteiger partial charge in [0.05, 0.1) is 0 Å². The quantitative estimate of drug-likeness (QED) is 0.468. The third-order valence-corrected chi connectivity index (χ3v) is 7.32. The summed E-state index contributed by atoms with van der Waals surface area (Å²) in [5.41, 5.74) is 0.838. The van der Waals surface area contributed by atoms with E-state index in [9.17, 15) is 9.59 Å². The number of unbranched alkanes of at least 4 members (excludes halogenated alkanes) is 1. The van der Waals surface area contributed by atoms with Gasteiger partial charge in [-0.25, -0.2) is 9.59 Å². The highest BCUT2D eigenvalue weighted by atomic mass is 16.4. The molecule has 158 valence electrons. The molecule has 0 saturated heterocycles. The van der Waals surface area contributed by atoms with Crippen LogP contribution in [0.4, 0.5) is 0 Å². The van der Waals surface area contributed by atoms with Crippen LogP contribution in [-0.2, 0) is 9.59 Å². The molecule has 0 aromatic heterocycles. The van der Waals surface area contributed by atoms with Crippen molar-refractivity contribution in [3.8, 4) is 0 Å². The van der Waals surface area contributed by atoms with Crippen molar-refractivity contribution >= 4 is 11.9 Å². The molecule has 4 aliphatic carbocycles. The van der Waals surface area contributed by atoms with Crippen LogP contribution in [0.1, 0.15) is 84.5 Å². The van der Waals surface area contributed by atoms with E-state index >= 15 is 0 Å². The van der Waals surface area contributed by atoms with Gasteiger partial charge in [-0.05, 0) is 68.6 Å². The lowest BCUT2D eigenvalue weighted by atomic mass is 9.48. The third kappa shape index (κ3) is 5.48. The molecule has 0 spiro atoms. The van der Waals surface area contributed by atoms with Crippen LogP contribution in [0.2, 0.25) is 0 Å². The maximum Gasteiger partial charge on any atom is 0.331 e. The van der Waals surface area contributed by atoms with Crippen molar-refractivity contribution in [3.63, 3.8) is 0 Å². The zero-order valence-electron chi connectivity index (χ0n) is 17.7. The average Bonchev–Trinajstić information content (AvgIpc) is 2.63. The van der Waals surface area contributed by atoms with Crippen molar-refractivity contribution in [1.29, 1.82) is 0 Å². The van der Waals surface area contributed by atoms with Gasteiger partial charge in [0.25, 0.3) is 0 Å². The van der Waals surface area contributed by atoms with E-state index in [1.807, 2.05) is 0 Å². The van der Waals surface area contributed by atoms with Gasteiger partial charge in [0, 0.05) is 16.6 Å². The Hall–Kier alpha value is -1.58. The molecule has 4 fully saturated rings. The SMILES string of the molecule is C=C(C(=O)O)C12CC3CC(CC(C3)C1)C2.C=C(CC(CC)CCCC)C(=O)O. The van der Waals surface area contributed by atoms with Crippen molar-refractivity contribution in [2.24, 2.45) is 29.1 Å². The fraction of sp³-hybridized carbons (Fsp3) is 0.750. The van der Waals surface area contributed by atoms with E-state index in [0.29, 0.717) is 23.5 Å². The highest BCUT2D eigenvalue weighted by molar-refractivity contribution is 5.87. The minimum absolute atomic E-state index is 0.0133. The summed E-state index contributed by atoms with van der Waals surface area (Å²) in [6, 6.07) is 0. The van der Waals surface area contributed by atoms with Crippen molar-refractivity contribution in [2.45, 2.75) is 84.5 Å². The molecule has 4 bridgehead atoms. The predicted molar refractivity (Wildman–Crippen MR) is 112 cm³/mol. The second-order valence-electron chi connectivity index (χ2n) is 9.51. The average molecular weight is 391 g/mol. The molecule has 2 N–H and O–H groups in total. The Kier molecular flexibility index (Phi) is 7.91. The molecule has 1 atom stereocenters. The van der Waals surface area contributed by atoms with Crippen molar-refractivity contribution in [1.82, 2.24) is 0 Å².